The second kappa shape index (κ2) is 5.67. The Labute approximate surface area is 101 Å². The Morgan fingerprint density at radius 2 is 2.18 bits per heavy atom. The van der Waals surface area contributed by atoms with Gasteiger partial charge in [-0.25, -0.2) is 9.78 Å². The Bertz CT molecular complexity index is 401. The Hall–Kier alpha value is -1.56. The van der Waals surface area contributed by atoms with Gasteiger partial charge in [0, 0.05) is 13.5 Å². The zero-order valence-corrected chi connectivity index (χ0v) is 10.7. The maximum Gasteiger partial charge on any atom is 0.360 e. The number of imidazole rings is 1. The summed E-state index contributed by atoms with van der Waals surface area (Å²) in [5, 5.41) is 0. The van der Waals surface area contributed by atoms with Crippen molar-refractivity contribution in [1.82, 2.24) is 9.55 Å². The monoisotopic (exact) mass is 241 g/mol. The van der Waals surface area contributed by atoms with Crippen molar-refractivity contribution in [2.45, 2.75) is 26.3 Å². The maximum atomic E-state index is 11.5. The highest BCUT2D eigenvalue weighted by molar-refractivity contribution is 5.92. The van der Waals surface area contributed by atoms with Crippen LogP contribution in [0.2, 0.25) is 0 Å². The van der Waals surface area contributed by atoms with E-state index in [0.29, 0.717) is 18.8 Å². The first-order valence-corrected chi connectivity index (χ1v) is 5.50. The summed E-state index contributed by atoms with van der Waals surface area (Å²) < 4.78 is 11.5. The van der Waals surface area contributed by atoms with E-state index in [9.17, 15) is 4.79 Å². The highest BCUT2D eigenvalue weighted by Crippen LogP contribution is 2.21. The first-order valence-electron chi connectivity index (χ1n) is 5.50. The first-order chi connectivity index (χ1) is 8.06. The van der Waals surface area contributed by atoms with Crippen molar-refractivity contribution in [2.75, 3.05) is 26.6 Å². The molecule has 17 heavy (non-hydrogen) atoms. The molecule has 6 heteroatoms. The number of anilines is 1. The molecule has 0 aliphatic heterocycles. The number of aryl methyl sites for hydroxylation is 1. The molecule has 1 aromatic heterocycles. The molecule has 96 valence electrons. The summed E-state index contributed by atoms with van der Waals surface area (Å²) in [5.41, 5.74) is 6.10. The van der Waals surface area contributed by atoms with Crippen LogP contribution in [0.15, 0.2) is 0 Å². The van der Waals surface area contributed by atoms with E-state index in [4.69, 9.17) is 10.5 Å². The fourth-order valence-corrected chi connectivity index (χ4v) is 1.80. The van der Waals surface area contributed by atoms with Gasteiger partial charge in [-0.3, -0.25) is 0 Å². The molecule has 0 saturated heterocycles. The maximum absolute atomic E-state index is 11.5. The number of hydrogen-bond donors (Lipinski definition) is 1. The molecule has 0 saturated carbocycles. The number of rotatable bonds is 5. The number of methoxy groups -OCH3 is 2. The van der Waals surface area contributed by atoms with Crippen LogP contribution in [0.5, 0.6) is 0 Å². The predicted octanol–water partition coefficient (Wildman–Crippen LogP) is 1.02. The van der Waals surface area contributed by atoms with Crippen molar-refractivity contribution >= 4 is 11.8 Å². The predicted molar refractivity (Wildman–Crippen MR) is 63.9 cm³/mol. The van der Waals surface area contributed by atoms with E-state index in [0.717, 1.165) is 5.82 Å². The molecule has 0 bridgehead atoms. The average molecular weight is 241 g/mol. The van der Waals surface area contributed by atoms with Crippen LogP contribution in [0.4, 0.5) is 5.82 Å². The minimum Gasteiger partial charge on any atom is -0.464 e. The fourth-order valence-electron chi connectivity index (χ4n) is 1.80. The van der Waals surface area contributed by atoms with Gasteiger partial charge in [-0.1, -0.05) is 6.92 Å². The number of nitrogens with two attached hydrogens (primary N) is 1. The summed E-state index contributed by atoms with van der Waals surface area (Å²) >= 11 is 0. The van der Waals surface area contributed by atoms with Crippen molar-refractivity contribution < 1.29 is 14.3 Å². The SMILES string of the molecule is CCc1nc(C(=O)OC)c(N)n1C(C)COC. The smallest absolute Gasteiger partial charge is 0.360 e. The van der Waals surface area contributed by atoms with Gasteiger partial charge in [0.1, 0.15) is 11.6 Å². The number of carbonyl (C=O) groups excluding carboxylic acids is 1. The van der Waals surface area contributed by atoms with Gasteiger partial charge in [0.15, 0.2) is 5.69 Å². The molecular weight excluding hydrogens is 222 g/mol. The standard InChI is InChI=1S/C11H19N3O3/c1-5-8-13-9(11(15)17-4)10(12)14(8)7(2)6-16-3/h7H,5-6,12H2,1-4H3. The molecule has 0 radical (unpaired) electrons. The minimum absolute atomic E-state index is 0.0286. The highest BCUT2D eigenvalue weighted by Gasteiger charge is 2.22. The molecule has 0 amide bonds. The first kappa shape index (κ1) is 13.5. The van der Waals surface area contributed by atoms with E-state index in [-0.39, 0.29) is 11.7 Å². The zero-order chi connectivity index (χ0) is 13.0. The minimum atomic E-state index is -0.513. The number of ether oxygens (including phenoxy) is 2. The normalized spacial score (nSPS) is 12.5. The average Bonchev–Trinajstić information content (AvgIpc) is 2.65. The molecule has 1 unspecified atom stereocenters. The topological polar surface area (TPSA) is 79.4 Å². The summed E-state index contributed by atoms with van der Waals surface area (Å²) in [6.07, 6.45) is 0.690. The van der Waals surface area contributed by atoms with E-state index in [1.165, 1.54) is 7.11 Å². The largest absolute Gasteiger partial charge is 0.464 e. The summed E-state index contributed by atoms with van der Waals surface area (Å²) in [4.78, 5) is 15.7. The lowest BCUT2D eigenvalue weighted by Crippen LogP contribution is -2.16. The Balaban J connectivity index is 3.19. The van der Waals surface area contributed by atoms with E-state index < -0.39 is 5.97 Å². The quantitative estimate of drug-likeness (QED) is 0.778. The molecule has 0 aliphatic rings. The third-order valence-corrected chi connectivity index (χ3v) is 2.56. The number of nitrogen functional groups attached to an aromatic ring is 1. The lowest BCUT2D eigenvalue weighted by Gasteiger charge is -2.16. The van der Waals surface area contributed by atoms with Gasteiger partial charge in [-0.05, 0) is 6.92 Å². The third kappa shape index (κ3) is 2.58. The van der Waals surface area contributed by atoms with Crippen LogP contribution in [0.25, 0.3) is 0 Å². The van der Waals surface area contributed by atoms with Crippen LogP contribution >= 0.6 is 0 Å². The van der Waals surface area contributed by atoms with Crippen molar-refractivity contribution in [3.8, 4) is 0 Å². The van der Waals surface area contributed by atoms with Crippen LogP contribution in [-0.2, 0) is 15.9 Å². The van der Waals surface area contributed by atoms with E-state index >= 15 is 0 Å². The lowest BCUT2D eigenvalue weighted by molar-refractivity contribution is 0.0595. The fraction of sp³-hybridized carbons (Fsp3) is 0.636. The van der Waals surface area contributed by atoms with Gasteiger partial charge in [-0.15, -0.1) is 0 Å². The lowest BCUT2D eigenvalue weighted by atomic mass is 10.3. The van der Waals surface area contributed by atoms with Crippen molar-refractivity contribution in [2.24, 2.45) is 0 Å². The van der Waals surface area contributed by atoms with Gasteiger partial charge >= 0.3 is 5.97 Å². The molecular formula is C11H19N3O3. The molecule has 1 heterocycles. The molecule has 1 atom stereocenters. The van der Waals surface area contributed by atoms with Gasteiger partial charge in [-0.2, -0.15) is 0 Å². The van der Waals surface area contributed by atoms with E-state index in [1.54, 1.807) is 7.11 Å². The van der Waals surface area contributed by atoms with Gasteiger partial charge < -0.3 is 19.8 Å². The Morgan fingerprint density at radius 3 is 2.65 bits per heavy atom. The van der Waals surface area contributed by atoms with Gasteiger partial charge in [0.25, 0.3) is 0 Å². The summed E-state index contributed by atoms with van der Waals surface area (Å²) in [6.45, 7) is 4.43. The third-order valence-electron chi connectivity index (χ3n) is 2.56. The van der Waals surface area contributed by atoms with E-state index in [1.807, 2.05) is 18.4 Å². The molecule has 1 aromatic rings. The Kier molecular flexibility index (Phi) is 4.51. The zero-order valence-electron chi connectivity index (χ0n) is 10.7. The van der Waals surface area contributed by atoms with Crippen molar-refractivity contribution in [3.05, 3.63) is 11.5 Å². The summed E-state index contributed by atoms with van der Waals surface area (Å²) in [7, 11) is 2.93. The molecule has 0 fully saturated rings. The Morgan fingerprint density at radius 1 is 1.53 bits per heavy atom. The van der Waals surface area contributed by atoms with Crippen LogP contribution in [0.1, 0.15) is 36.2 Å². The number of esters is 1. The molecule has 0 spiro atoms. The van der Waals surface area contributed by atoms with Crippen LogP contribution in [0, 0.1) is 0 Å². The summed E-state index contributed by atoms with van der Waals surface area (Å²) in [6, 6.07) is 0.0286. The van der Waals surface area contributed by atoms with Crippen LogP contribution < -0.4 is 5.73 Å². The second-order valence-corrected chi connectivity index (χ2v) is 3.78. The van der Waals surface area contributed by atoms with Gasteiger partial charge in [0.05, 0.1) is 19.8 Å². The number of nitrogens with zero attached hydrogens (tertiary/aromatic N) is 2. The number of aromatic nitrogens is 2. The molecule has 2 N–H and O–H groups in total. The molecule has 0 aromatic carbocycles. The van der Waals surface area contributed by atoms with Gasteiger partial charge in [0.2, 0.25) is 0 Å². The van der Waals surface area contributed by atoms with Crippen LogP contribution in [0.3, 0.4) is 0 Å². The van der Waals surface area contributed by atoms with Crippen molar-refractivity contribution in [3.63, 3.8) is 0 Å². The molecule has 1 rings (SSSR count). The van der Waals surface area contributed by atoms with Crippen LogP contribution in [-0.4, -0.2) is 36.3 Å². The number of hydrogen-bond acceptors (Lipinski definition) is 5. The molecule has 0 aliphatic carbocycles. The number of carbonyl (C=O) groups is 1. The molecule has 6 nitrogen and oxygen atoms in total. The highest BCUT2D eigenvalue weighted by atomic mass is 16.5. The van der Waals surface area contributed by atoms with Crippen molar-refractivity contribution in [1.29, 1.82) is 0 Å². The van der Waals surface area contributed by atoms with E-state index in [2.05, 4.69) is 9.72 Å². The summed E-state index contributed by atoms with van der Waals surface area (Å²) in [5.74, 6) is 0.575. The second-order valence-electron chi connectivity index (χ2n) is 3.78.